The van der Waals surface area contributed by atoms with Gasteiger partial charge < -0.3 is 5.73 Å². The lowest BCUT2D eigenvalue weighted by Crippen LogP contribution is -2.32. The van der Waals surface area contributed by atoms with E-state index in [-0.39, 0.29) is 17.1 Å². The minimum Gasteiger partial charge on any atom is -0.327 e. The van der Waals surface area contributed by atoms with Crippen LogP contribution in [0.15, 0.2) is 29.2 Å². The van der Waals surface area contributed by atoms with Gasteiger partial charge in [0, 0.05) is 10.9 Å². The van der Waals surface area contributed by atoms with Crippen molar-refractivity contribution in [3.05, 3.63) is 30.1 Å². The Hall–Kier alpha value is -0.740. The zero-order chi connectivity index (χ0) is 10.8. The average Bonchev–Trinajstić information content (AvgIpc) is 2.63. The third kappa shape index (κ3) is 2.26. The second-order valence-electron chi connectivity index (χ2n) is 3.89. The molecule has 4 heteroatoms. The van der Waals surface area contributed by atoms with Gasteiger partial charge >= 0.3 is 0 Å². The fraction of sp³-hybridized carbons (Fsp3) is 0.455. The van der Waals surface area contributed by atoms with Gasteiger partial charge in [-0.05, 0) is 31.0 Å². The van der Waals surface area contributed by atoms with E-state index in [1.807, 2.05) is 0 Å². The summed E-state index contributed by atoms with van der Waals surface area (Å²) in [6.07, 6.45) is 2.82. The SMILES string of the molecule is NC1CCCC1S(=O)c1cccc(F)c1. The molecule has 1 aliphatic rings. The van der Waals surface area contributed by atoms with E-state index >= 15 is 0 Å². The van der Waals surface area contributed by atoms with Gasteiger partial charge in [-0.3, -0.25) is 4.21 Å². The molecule has 0 amide bonds. The van der Waals surface area contributed by atoms with Crippen LogP contribution in [-0.2, 0) is 10.8 Å². The Labute approximate surface area is 91.1 Å². The normalized spacial score (nSPS) is 27.9. The molecule has 2 nitrogen and oxygen atoms in total. The van der Waals surface area contributed by atoms with Crippen molar-refractivity contribution >= 4 is 10.8 Å². The summed E-state index contributed by atoms with van der Waals surface area (Å²) in [5.74, 6) is -0.340. The van der Waals surface area contributed by atoms with E-state index < -0.39 is 10.8 Å². The Balaban J connectivity index is 2.20. The quantitative estimate of drug-likeness (QED) is 0.837. The van der Waals surface area contributed by atoms with Crippen molar-refractivity contribution in [3.8, 4) is 0 Å². The lowest BCUT2D eigenvalue weighted by atomic mass is 10.3. The first-order chi connectivity index (χ1) is 7.18. The number of halogens is 1. The largest absolute Gasteiger partial charge is 0.327 e. The van der Waals surface area contributed by atoms with E-state index in [9.17, 15) is 8.60 Å². The molecule has 15 heavy (non-hydrogen) atoms. The van der Waals surface area contributed by atoms with Gasteiger partial charge in [-0.2, -0.15) is 0 Å². The van der Waals surface area contributed by atoms with E-state index in [0.29, 0.717) is 4.90 Å². The molecule has 0 saturated heterocycles. The number of benzene rings is 1. The van der Waals surface area contributed by atoms with Crippen molar-refractivity contribution in [2.75, 3.05) is 0 Å². The van der Waals surface area contributed by atoms with E-state index in [1.54, 1.807) is 12.1 Å². The summed E-state index contributed by atoms with van der Waals surface area (Å²) < 4.78 is 25.0. The predicted molar refractivity (Wildman–Crippen MR) is 58.4 cm³/mol. The number of nitrogens with two attached hydrogens (primary N) is 1. The molecule has 1 aliphatic carbocycles. The first-order valence-electron chi connectivity index (χ1n) is 5.10. The van der Waals surface area contributed by atoms with Crippen molar-refractivity contribution < 1.29 is 8.60 Å². The summed E-state index contributed by atoms with van der Waals surface area (Å²) >= 11 is 0. The maximum absolute atomic E-state index is 12.9. The summed E-state index contributed by atoms with van der Waals surface area (Å²) in [7, 11) is -1.16. The minimum atomic E-state index is -1.16. The zero-order valence-electron chi connectivity index (χ0n) is 8.36. The van der Waals surface area contributed by atoms with Gasteiger partial charge in [0.25, 0.3) is 0 Å². The molecule has 2 rings (SSSR count). The highest BCUT2D eigenvalue weighted by Crippen LogP contribution is 2.26. The molecule has 3 unspecified atom stereocenters. The Kier molecular flexibility index (Phi) is 3.17. The fourth-order valence-electron chi connectivity index (χ4n) is 1.99. The second kappa shape index (κ2) is 4.41. The Morgan fingerprint density at radius 3 is 2.80 bits per heavy atom. The molecule has 1 aromatic rings. The number of rotatable bonds is 2. The molecular formula is C11H14FNOS. The van der Waals surface area contributed by atoms with Crippen molar-refractivity contribution in [1.29, 1.82) is 0 Å². The second-order valence-corrected chi connectivity index (χ2v) is 5.56. The summed E-state index contributed by atoms with van der Waals surface area (Å²) in [5.41, 5.74) is 5.87. The highest BCUT2D eigenvalue weighted by atomic mass is 32.2. The molecule has 3 atom stereocenters. The van der Waals surface area contributed by atoms with Crippen molar-refractivity contribution in [2.24, 2.45) is 5.73 Å². The van der Waals surface area contributed by atoms with Gasteiger partial charge in [0.1, 0.15) is 5.82 Å². The topological polar surface area (TPSA) is 43.1 Å². The van der Waals surface area contributed by atoms with Gasteiger partial charge in [-0.25, -0.2) is 4.39 Å². The van der Waals surface area contributed by atoms with Crippen LogP contribution in [0.5, 0.6) is 0 Å². The molecule has 0 spiro atoms. The number of hydrogen-bond donors (Lipinski definition) is 1. The predicted octanol–water partition coefficient (Wildman–Crippen LogP) is 1.81. The van der Waals surface area contributed by atoms with Crippen LogP contribution in [0.3, 0.4) is 0 Å². The molecule has 82 valence electrons. The van der Waals surface area contributed by atoms with E-state index in [1.165, 1.54) is 12.1 Å². The number of hydrogen-bond acceptors (Lipinski definition) is 2. The smallest absolute Gasteiger partial charge is 0.124 e. The van der Waals surface area contributed by atoms with Crippen LogP contribution >= 0.6 is 0 Å². The van der Waals surface area contributed by atoms with Crippen LogP contribution in [0, 0.1) is 5.82 Å². The van der Waals surface area contributed by atoms with Gasteiger partial charge in [-0.15, -0.1) is 0 Å². The molecule has 0 bridgehead atoms. The van der Waals surface area contributed by atoms with Crippen LogP contribution in [0.1, 0.15) is 19.3 Å². The van der Waals surface area contributed by atoms with Gasteiger partial charge in [0.05, 0.1) is 16.0 Å². The molecule has 1 saturated carbocycles. The van der Waals surface area contributed by atoms with Crippen LogP contribution in [0.25, 0.3) is 0 Å². The van der Waals surface area contributed by atoms with Gasteiger partial charge in [-0.1, -0.05) is 12.5 Å². The average molecular weight is 227 g/mol. The Bertz CT molecular complexity index is 383. The Morgan fingerprint density at radius 2 is 2.20 bits per heavy atom. The lowest BCUT2D eigenvalue weighted by molar-refractivity contribution is 0.620. The Morgan fingerprint density at radius 1 is 1.40 bits per heavy atom. The zero-order valence-corrected chi connectivity index (χ0v) is 9.17. The molecule has 1 fully saturated rings. The van der Waals surface area contributed by atoms with Crippen LogP contribution in [0.2, 0.25) is 0 Å². The van der Waals surface area contributed by atoms with E-state index in [4.69, 9.17) is 5.73 Å². The highest BCUT2D eigenvalue weighted by Gasteiger charge is 2.29. The van der Waals surface area contributed by atoms with Crippen molar-refractivity contribution in [2.45, 2.75) is 35.4 Å². The molecule has 1 aromatic carbocycles. The summed E-state index contributed by atoms with van der Waals surface area (Å²) in [6.45, 7) is 0. The molecule has 0 radical (unpaired) electrons. The molecule has 0 aliphatic heterocycles. The third-order valence-corrected chi connectivity index (χ3v) is 4.66. The third-order valence-electron chi connectivity index (χ3n) is 2.81. The fourth-order valence-corrected chi connectivity index (χ4v) is 3.61. The van der Waals surface area contributed by atoms with Gasteiger partial charge in [0.15, 0.2) is 0 Å². The standard InChI is InChI=1S/C11H14FNOS/c12-8-3-1-4-9(7-8)15(14)11-6-2-5-10(11)13/h1,3-4,7,10-11H,2,5-6,13H2. The van der Waals surface area contributed by atoms with Gasteiger partial charge in [0.2, 0.25) is 0 Å². The van der Waals surface area contributed by atoms with Crippen molar-refractivity contribution in [1.82, 2.24) is 0 Å². The first-order valence-corrected chi connectivity index (χ1v) is 6.31. The van der Waals surface area contributed by atoms with E-state index in [2.05, 4.69) is 0 Å². The molecule has 0 heterocycles. The summed E-state index contributed by atoms with van der Waals surface area (Å²) in [4.78, 5) is 0.553. The van der Waals surface area contributed by atoms with Crippen molar-refractivity contribution in [3.63, 3.8) is 0 Å². The monoisotopic (exact) mass is 227 g/mol. The van der Waals surface area contributed by atoms with Crippen LogP contribution in [-0.4, -0.2) is 15.5 Å². The maximum Gasteiger partial charge on any atom is 0.124 e. The summed E-state index contributed by atoms with van der Waals surface area (Å²) in [6, 6.07) is 5.97. The van der Waals surface area contributed by atoms with E-state index in [0.717, 1.165) is 19.3 Å². The lowest BCUT2D eigenvalue weighted by Gasteiger charge is -2.14. The maximum atomic E-state index is 12.9. The first kappa shape index (κ1) is 10.8. The van der Waals surface area contributed by atoms with Crippen LogP contribution < -0.4 is 5.73 Å². The minimum absolute atomic E-state index is 0.00546. The molecular weight excluding hydrogens is 213 g/mol. The summed E-state index contributed by atoms with van der Waals surface area (Å²) in [5, 5.41) is -0.00759. The molecule has 0 aromatic heterocycles. The van der Waals surface area contributed by atoms with Crippen LogP contribution in [0.4, 0.5) is 4.39 Å². The highest BCUT2D eigenvalue weighted by molar-refractivity contribution is 7.85. The molecule has 2 N–H and O–H groups in total.